The maximum absolute atomic E-state index is 12.6. The fourth-order valence-electron chi connectivity index (χ4n) is 3.09. The lowest BCUT2D eigenvalue weighted by Crippen LogP contribution is -2.28. The van der Waals surface area contributed by atoms with Crippen molar-refractivity contribution in [3.05, 3.63) is 54.1 Å². The minimum absolute atomic E-state index is 0.0218. The molecule has 0 radical (unpaired) electrons. The zero-order chi connectivity index (χ0) is 17.4. The molecule has 0 unspecified atom stereocenters. The zero-order valence-electron chi connectivity index (χ0n) is 13.7. The fraction of sp³-hybridized carbons (Fsp3) is 0.211. The summed E-state index contributed by atoms with van der Waals surface area (Å²) in [5.41, 5.74) is 2.83. The van der Waals surface area contributed by atoms with Gasteiger partial charge in [0.2, 0.25) is 11.8 Å². The van der Waals surface area contributed by atoms with Gasteiger partial charge in [0.15, 0.2) is 5.13 Å². The van der Waals surface area contributed by atoms with Crippen molar-refractivity contribution in [2.24, 2.45) is 5.92 Å². The molecule has 0 spiro atoms. The van der Waals surface area contributed by atoms with Crippen LogP contribution in [0.4, 0.5) is 10.8 Å². The first-order valence-electron chi connectivity index (χ1n) is 8.14. The Morgan fingerprint density at radius 3 is 2.76 bits per heavy atom. The molecule has 2 amide bonds. The number of nitrogens with zero attached hydrogens (tertiary/aromatic N) is 2. The van der Waals surface area contributed by atoms with E-state index in [1.807, 2.05) is 55.5 Å². The first kappa shape index (κ1) is 15.8. The molecule has 1 aliphatic heterocycles. The van der Waals surface area contributed by atoms with Gasteiger partial charge < -0.3 is 10.2 Å². The molecule has 3 aromatic rings. The van der Waals surface area contributed by atoms with Crippen molar-refractivity contribution < 1.29 is 9.59 Å². The molecule has 1 N–H and O–H groups in total. The van der Waals surface area contributed by atoms with E-state index in [9.17, 15) is 9.59 Å². The van der Waals surface area contributed by atoms with E-state index < -0.39 is 0 Å². The lowest BCUT2D eigenvalue weighted by atomic mass is 10.1. The number of nitrogens with one attached hydrogen (secondary N) is 1. The summed E-state index contributed by atoms with van der Waals surface area (Å²) in [5.74, 6) is -0.532. The summed E-state index contributed by atoms with van der Waals surface area (Å²) in [6, 6.07) is 15.4. The molecule has 126 valence electrons. The minimum atomic E-state index is -0.360. The van der Waals surface area contributed by atoms with Gasteiger partial charge >= 0.3 is 0 Å². The van der Waals surface area contributed by atoms with Gasteiger partial charge in [-0.1, -0.05) is 41.7 Å². The SMILES string of the molecule is Cc1cccc2sc(NC(=O)[C@@H]3CC(=O)N(c4ccccc4)C3)nc12. The Bertz CT molecular complexity index is 952. The van der Waals surface area contributed by atoms with Crippen LogP contribution in [0.25, 0.3) is 10.2 Å². The first-order chi connectivity index (χ1) is 12.1. The van der Waals surface area contributed by atoms with Crippen LogP contribution in [0, 0.1) is 12.8 Å². The number of aryl methyl sites for hydroxylation is 1. The summed E-state index contributed by atoms with van der Waals surface area (Å²) >= 11 is 1.45. The van der Waals surface area contributed by atoms with E-state index in [1.165, 1.54) is 11.3 Å². The van der Waals surface area contributed by atoms with Gasteiger partial charge in [-0.25, -0.2) is 4.98 Å². The molecule has 1 atom stereocenters. The molecule has 1 aromatic heterocycles. The monoisotopic (exact) mass is 351 g/mol. The van der Waals surface area contributed by atoms with Crippen LogP contribution in [0.3, 0.4) is 0 Å². The van der Waals surface area contributed by atoms with Crippen molar-refractivity contribution in [3.63, 3.8) is 0 Å². The van der Waals surface area contributed by atoms with Gasteiger partial charge in [0.25, 0.3) is 0 Å². The highest BCUT2D eigenvalue weighted by Gasteiger charge is 2.35. The highest BCUT2D eigenvalue weighted by atomic mass is 32.1. The number of rotatable bonds is 3. The van der Waals surface area contributed by atoms with Crippen LogP contribution < -0.4 is 10.2 Å². The lowest BCUT2D eigenvalue weighted by molar-refractivity contribution is -0.122. The number of fused-ring (bicyclic) bond motifs is 1. The third kappa shape index (κ3) is 3.00. The summed E-state index contributed by atoms with van der Waals surface area (Å²) in [4.78, 5) is 31.0. The van der Waals surface area contributed by atoms with Gasteiger partial charge in [-0.3, -0.25) is 9.59 Å². The van der Waals surface area contributed by atoms with E-state index in [-0.39, 0.29) is 24.2 Å². The van der Waals surface area contributed by atoms with Crippen molar-refractivity contribution in [1.82, 2.24) is 4.98 Å². The van der Waals surface area contributed by atoms with E-state index in [2.05, 4.69) is 10.3 Å². The summed E-state index contributed by atoms with van der Waals surface area (Å²) in [5, 5.41) is 3.47. The highest BCUT2D eigenvalue weighted by Crippen LogP contribution is 2.30. The number of hydrogen-bond acceptors (Lipinski definition) is 4. The van der Waals surface area contributed by atoms with Crippen molar-refractivity contribution in [2.45, 2.75) is 13.3 Å². The Morgan fingerprint density at radius 1 is 1.20 bits per heavy atom. The summed E-state index contributed by atoms with van der Waals surface area (Å²) in [6.07, 6.45) is 0.227. The van der Waals surface area contributed by atoms with Crippen molar-refractivity contribution >= 4 is 44.2 Å². The lowest BCUT2D eigenvalue weighted by Gasteiger charge is -2.16. The fourth-order valence-corrected chi connectivity index (χ4v) is 4.03. The van der Waals surface area contributed by atoms with Crippen LogP contribution in [0.1, 0.15) is 12.0 Å². The van der Waals surface area contributed by atoms with E-state index in [0.717, 1.165) is 21.5 Å². The molecule has 4 rings (SSSR count). The van der Waals surface area contributed by atoms with Crippen LogP contribution in [0.5, 0.6) is 0 Å². The van der Waals surface area contributed by atoms with Gasteiger partial charge in [0.1, 0.15) is 0 Å². The van der Waals surface area contributed by atoms with E-state index in [0.29, 0.717) is 11.7 Å². The second-order valence-corrected chi connectivity index (χ2v) is 7.20. The molecule has 6 heteroatoms. The van der Waals surface area contributed by atoms with Crippen LogP contribution in [0.15, 0.2) is 48.5 Å². The maximum Gasteiger partial charge on any atom is 0.231 e. The average Bonchev–Trinajstić information content (AvgIpc) is 3.20. The molecular formula is C19H17N3O2S. The Kier molecular flexibility index (Phi) is 3.97. The Morgan fingerprint density at radius 2 is 2.00 bits per heavy atom. The standard InChI is InChI=1S/C19H17N3O2S/c1-12-6-5-9-15-17(12)20-19(25-15)21-18(24)13-10-16(23)22(11-13)14-7-3-2-4-8-14/h2-9,13H,10-11H2,1H3,(H,20,21,24)/t13-/m1/s1. The number of thiazole rings is 1. The predicted octanol–water partition coefficient (Wildman–Crippen LogP) is 3.60. The molecule has 2 heterocycles. The summed E-state index contributed by atoms with van der Waals surface area (Å²) < 4.78 is 1.05. The van der Waals surface area contributed by atoms with E-state index >= 15 is 0 Å². The van der Waals surface area contributed by atoms with Crippen LogP contribution in [-0.4, -0.2) is 23.3 Å². The second-order valence-electron chi connectivity index (χ2n) is 6.17. The average molecular weight is 351 g/mol. The topological polar surface area (TPSA) is 62.3 Å². The number of hydrogen-bond donors (Lipinski definition) is 1. The van der Waals surface area contributed by atoms with E-state index in [1.54, 1.807) is 4.90 Å². The third-order valence-corrected chi connectivity index (χ3v) is 5.35. The number of aromatic nitrogens is 1. The number of anilines is 2. The molecule has 0 aliphatic carbocycles. The summed E-state index contributed by atoms with van der Waals surface area (Å²) in [6.45, 7) is 2.40. The molecule has 1 aliphatic rings. The van der Waals surface area contributed by atoms with Crippen molar-refractivity contribution in [1.29, 1.82) is 0 Å². The number of carbonyl (C=O) groups excluding carboxylic acids is 2. The summed E-state index contributed by atoms with van der Waals surface area (Å²) in [7, 11) is 0. The van der Waals surface area contributed by atoms with Gasteiger partial charge in [0.05, 0.1) is 16.1 Å². The zero-order valence-corrected chi connectivity index (χ0v) is 14.5. The van der Waals surface area contributed by atoms with Gasteiger partial charge in [0, 0.05) is 18.7 Å². The second kappa shape index (κ2) is 6.29. The number of carbonyl (C=O) groups is 2. The number of para-hydroxylation sites is 2. The Balaban J connectivity index is 1.49. The van der Waals surface area contributed by atoms with Crippen molar-refractivity contribution in [2.75, 3.05) is 16.8 Å². The molecule has 1 fully saturated rings. The Labute approximate surface area is 149 Å². The smallest absolute Gasteiger partial charge is 0.231 e. The molecule has 0 saturated carbocycles. The molecule has 25 heavy (non-hydrogen) atoms. The van der Waals surface area contributed by atoms with Crippen molar-refractivity contribution in [3.8, 4) is 0 Å². The first-order valence-corrected chi connectivity index (χ1v) is 8.96. The molecule has 2 aromatic carbocycles. The predicted molar refractivity (Wildman–Crippen MR) is 99.9 cm³/mol. The number of amides is 2. The molecular weight excluding hydrogens is 334 g/mol. The Hall–Kier alpha value is -2.73. The minimum Gasteiger partial charge on any atom is -0.312 e. The maximum atomic E-state index is 12.6. The quantitative estimate of drug-likeness (QED) is 0.784. The van der Waals surface area contributed by atoms with Gasteiger partial charge in [-0.2, -0.15) is 0 Å². The normalized spacial score (nSPS) is 17.2. The van der Waals surface area contributed by atoms with Crippen LogP contribution in [0.2, 0.25) is 0 Å². The highest BCUT2D eigenvalue weighted by molar-refractivity contribution is 7.22. The number of benzene rings is 2. The van der Waals surface area contributed by atoms with Gasteiger partial charge in [-0.15, -0.1) is 0 Å². The third-order valence-electron chi connectivity index (χ3n) is 4.41. The molecule has 5 nitrogen and oxygen atoms in total. The molecule has 0 bridgehead atoms. The van der Waals surface area contributed by atoms with Crippen LogP contribution in [-0.2, 0) is 9.59 Å². The molecule has 1 saturated heterocycles. The van der Waals surface area contributed by atoms with E-state index in [4.69, 9.17) is 0 Å². The van der Waals surface area contributed by atoms with Gasteiger partial charge in [-0.05, 0) is 30.7 Å². The van der Waals surface area contributed by atoms with Crippen LogP contribution >= 0.6 is 11.3 Å². The largest absolute Gasteiger partial charge is 0.312 e.